The van der Waals surface area contributed by atoms with Gasteiger partial charge in [0.05, 0.1) is 7.11 Å². The molecule has 0 radical (unpaired) electrons. The SMILES string of the molecule is COc1cc(N(C)CCNC(C)C)nc(C)n1. The predicted octanol–water partition coefficient (Wildman–Crippen LogP) is 1.23. The average Bonchev–Trinajstić information content (AvgIpc) is 2.27. The zero-order valence-corrected chi connectivity index (χ0v) is 11.3. The first-order valence-electron chi connectivity index (χ1n) is 5.87. The fourth-order valence-electron chi connectivity index (χ4n) is 1.46. The molecule has 96 valence electrons. The van der Waals surface area contributed by atoms with Crippen molar-refractivity contribution in [1.29, 1.82) is 0 Å². The van der Waals surface area contributed by atoms with Crippen LogP contribution in [-0.2, 0) is 0 Å². The molecule has 0 amide bonds. The van der Waals surface area contributed by atoms with Crippen LogP contribution in [0, 0.1) is 6.92 Å². The number of likely N-dealkylation sites (N-methyl/N-ethyl adjacent to an activating group) is 1. The normalized spacial score (nSPS) is 10.7. The summed E-state index contributed by atoms with van der Waals surface area (Å²) in [6.07, 6.45) is 0. The molecule has 5 heteroatoms. The van der Waals surface area contributed by atoms with Crippen molar-refractivity contribution in [3.05, 3.63) is 11.9 Å². The lowest BCUT2D eigenvalue weighted by Gasteiger charge is -2.20. The smallest absolute Gasteiger partial charge is 0.218 e. The molecular formula is C12H22N4O. The Morgan fingerprint density at radius 1 is 1.41 bits per heavy atom. The molecule has 0 spiro atoms. The highest BCUT2D eigenvalue weighted by Gasteiger charge is 2.06. The van der Waals surface area contributed by atoms with E-state index in [2.05, 4.69) is 34.0 Å². The van der Waals surface area contributed by atoms with Crippen LogP contribution in [0.2, 0.25) is 0 Å². The third-order valence-electron chi connectivity index (χ3n) is 2.40. The maximum absolute atomic E-state index is 5.14. The number of nitrogens with zero attached hydrogens (tertiary/aromatic N) is 3. The van der Waals surface area contributed by atoms with Crippen LogP contribution < -0.4 is 15.0 Å². The number of hydrogen-bond acceptors (Lipinski definition) is 5. The van der Waals surface area contributed by atoms with E-state index in [9.17, 15) is 0 Å². The van der Waals surface area contributed by atoms with Crippen LogP contribution in [0.5, 0.6) is 5.88 Å². The second kappa shape index (κ2) is 6.39. The molecule has 0 aliphatic heterocycles. The number of rotatable bonds is 6. The van der Waals surface area contributed by atoms with Gasteiger partial charge in [-0.05, 0) is 6.92 Å². The van der Waals surface area contributed by atoms with Gasteiger partial charge in [-0.2, -0.15) is 4.98 Å². The number of methoxy groups -OCH3 is 1. The summed E-state index contributed by atoms with van der Waals surface area (Å²) in [5, 5.41) is 3.37. The van der Waals surface area contributed by atoms with Crippen molar-refractivity contribution in [2.75, 3.05) is 32.1 Å². The van der Waals surface area contributed by atoms with Gasteiger partial charge in [-0.1, -0.05) is 13.8 Å². The van der Waals surface area contributed by atoms with E-state index in [-0.39, 0.29) is 0 Å². The fraction of sp³-hybridized carbons (Fsp3) is 0.667. The molecular weight excluding hydrogens is 216 g/mol. The third-order valence-corrected chi connectivity index (χ3v) is 2.40. The maximum atomic E-state index is 5.14. The van der Waals surface area contributed by atoms with Gasteiger partial charge >= 0.3 is 0 Å². The first-order valence-corrected chi connectivity index (χ1v) is 5.87. The Bertz CT molecular complexity index is 354. The van der Waals surface area contributed by atoms with Gasteiger partial charge in [0.25, 0.3) is 0 Å². The molecule has 0 bridgehead atoms. The number of anilines is 1. The zero-order chi connectivity index (χ0) is 12.8. The molecule has 1 rings (SSSR count). The molecule has 0 aromatic carbocycles. The van der Waals surface area contributed by atoms with Gasteiger partial charge < -0.3 is 15.0 Å². The predicted molar refractivity (Wildman–Crippen MR) is 69.7 cm³/mol. The van der Waals surface area contributed by atoms with Crippen LogP contribution in [0.1, 0.15) is 19.7 Å². The minimum absolute atomic E-state index is 0.505. The van der Waals surface area contributed by atoms with Gasteiger partial charge in [0.15, 0.2) is 0 Å². The second-order valence-corrected chi connectivity index (χ2v) is 4.35. The van der Waals surface area contributed by atoms with E-state index in [0.717, 1.165) is 24.7 Å². The molecule has 0 aliphatic rings. The van der Waals surface area contributed by atoms with E-state index in [4.69, 9.17) is 4.74 Å². The van der Waals surface area contributed by atoms with Gasteiger partial charge in [-0.15, -0.1) is 0 Å². The maximum Gasteiger partial charge on any atom is 0.218 e. The highest BCUT2D eigenvalue weighted by molar-refractivity contribution is 5.40. The molecule has 0 saturated heterocycles. The average molecular weight is 238 g/mol. The zero-order valence-electron chi connectivity index (χ0n) is 11.3. The monoisotopic (exact) mass is 238 g/mol. The lowest BCUT2D eigenvalue weighted by Crippen LogP contribution is -2.33. The number of aryl methyl sites for hydroxylation is 1. The van der Waals surface area contributed by atoms with Crippen LogP contribution in [0.3, 0.4) is 0 Å². The minimum Gasteiger partial charge on any atom is -0.481 e. The Hall–Kier alpha value is -1.36. The summed E-state index contributed by atoms with van der Waals surface area (Å²) in [4.78, 5) is 10.6. The molecule has 5 nitrogen and oxygen atoms in total. The third kappa shape index (κ3) is 4.56. The van der Waals surface area contributed by atoms with Gasteiger partial charge in [-0.3, -0.25) is 0 Å². The standard InChI is InChI=1S/C12H22N4O/c1-9(2)13-6-7-16(4)11-8-12(17-5)15-10(3)14-11/h8-9,13H,6-7H2,1-5H3. The van der Waals surface area contributed by atoms with E-state index >= 15 is 0 Å². The molecule has 1 N–H and O–H groups in total. The molecule has 0 unspecified atom stereocenters. The molecule has 0 atom stereocenters. The summed E-state index contributed by atoms with van der Waals surface area (Å²) in [5.41, 5.74) is 0. The number of aromatic nitrogens is 2. The first kappa shape index (κ1) is 13.7. The van der Waals surface area contributed by atoms with Crippen molar-refractivity contribution in [2.24, 2.45) is 0 Å². The van der Waals surface area contributed by atoms with Crippen LogP contribution in [0.15, 0.2) is 6.07 Å². The summed E-state index contributed by atoms with van der Waals surface area (Å²) in [5.74, 6) is 2.22. The van der Waals surface area contributed by atoms with E-state index in [1.54, 1.807) is 7.11 Å². The Morgan fingerprint density at radius 2 is 2.12 bits per heavy atom. The van der Waals surface area contributed by atoms with E-state index in [1.807, 2.05) is 20.0 Å². The van der Waals surface area contributed by atoms with Crippen LogP contribution in [0.4, 0.5) is 5.82 Å². The molecule has 0 saturated carbocycles. The van der Waals surface area contributed by atoms with Crippen molar-refractivity contribution in [1.82, 2.24) is 15.3 Å². The minimum atomic E-state index is 0.505. The number of nitrogens with one attached hydrogen (secondary N) is 1. The van der Waals surface area contributed by atoms with Crippen molar-refractivity contribution >= 4 is 5.82 Å². The van der Waals surface area contributed by atoms with Crippen LogP contribution in [-0.4, -0.2) is 43.3 Å². The van der Waals surface area contributed by atoms with E-state index in [1.165, 1.54) is 0 Å². The van der Waals surface area contributed by atoms with Gasteiger partial charge in [-0.25, -0.2) is 4.98 Å². The highest BCUT2D eigenvalue weighted by atomic mass is 16.5. The highest BCUT2D eigenvalue weighted by Crippen LogP contribution is 2.15. The van der Waals surface area contributed by atoms with E-state index in [0.29, 0.717) is 11.9 Å². The summed E-state index contributed by atoms with van der Waals surface area (Å²) < 4.78 is 5.14. The topological polar surface area (TPSA) is 50.3 Å². The summed E-state index contributed by atoms with van der Waals surface area (Å²) >= 11 is 0. The first-order chi connectivity index (χ1) is 8.02. The second-order valence-electron chi connectivity index (χ2n) is 4.35. The van der Waals surface area contributed by atoms with Crippen molar-refractivity contribution < 1.29 is 4.74 Å². The Balaban J connectivity index is 2.61. The lowest BCUT2D eigenvalue weighted by atomic mass is 10.4. The molecule has 1 aromatic heterocycles. The van der Waals surface area contributed by atoms with Crippen molar-refractivity contribution in [3.8, 4) is 5.88 Å². The Labute approximate surface area is 103 Å². The Kier molecular flexibility index (Phi) is 5.15. The Morgan fingerprint density at radius 3 is 2.71 bits per heavy atom. The van der Waals surface area contributed by atoms with Gasteiger partial charge in [0.1, 0.15) is 11.6 Å². The summed E-state index contributed by atoms with van der Waals surface area (Å²) in [7, 11) is 3.63. The van der Waals surface area contributed by atoms with E-state index < -0.39 is 0 Å². The number of hydrogen-bond donors (Lipinski definition) is 1. The largest absolute Gasteiger partial charge is 0.481 e. The fourth-order valence-corrected chi connectivity index (χ4v) is 1.46. The van der Waals surface area contributed by atoms with Gasteiger partial charge in [0, 0.05) is 32.2 Å². The molecule has 0 fully saturated rings. The molecule has 1 aromatic rings. The van der Waals surface area contributed by atoms with Crippen LogP contribution in [0.25, 0.3) is 0 Å². The van der Waals surface area contributed by atoms with Gasteiger partial charge in [0.2, 0.25) is 5.88 Å². The lowest BCUT2D eigenvalue weighted by molar-refractivity contribution is 0.395. The van der Waals surface area contributed by atoms with Crippen molar-refractivity contribution in [2.45, 2.75) is 26.8 Å². The molecule has 17 heavy (non-hydrogen) atoms. The summed E-state index contributed by atoms with van der Waals surface area (Å²) in [6.45, 7) is 7.97. The summed E-state index contributed by atoms with van der Waals surface area (Å²) in [6, 6.07) is 2.35. The van der Waals surface area contributed by atoms with Crippen LogP contribution >= 0.6 is 0 Å². The van der Waals surface area contributed by atoms with Crippen molar-refractivity contribution in [3.63, 3.8) is 0 Å². The number of ether oxygens (including phenoxy) is 1. The molecule has 1 heterocycles. The quantitative estimate of drug-likeness (QED) is 0.807. The molecule has 0 aliphatic carbocycles.